The Kier molecular flexibility index (Phi) is 9.81. The number of hydrogen-bond acceptors (Lipinski definition) is 4. The van der Waals surface area contributed by atoms with Gasteiger partial charge in [0.2, 0.25) is 21.8 Å². The molecule has 0 saturated heterocycles. The van der Waals surface area contributed by atoms with E-state index in [9.17, 15) is 31.2 Å². The van der Waals surface area contributed by atoms with Crippen molar-refractivity contribution in [1.29, 1.82) is 0 Å². The van der Waals surface area contributed by atoms with Crippen LogP contribution >= 0.6 is 0 Å². The number of nitrogens with one attached hydrogen (secondary N) is 1. The molecule has 0 aromatic heterocycles. The summed E-state index contributed by atoms with van der Waals surface area (Å²) in [5.74, 6) is -1.02. The van der Waals surface area contributed by atoms with Gasteiger partial charge >= 0.3 is 6.18 Å². The first kappa shape index (κ1) is 29.5. The number of nitrogens with zero attached hydrogens (tertiary/aromatic N) is 2. The van der Waals surface area contributed by atoms with Crippen molar-refractivity contribution in [2.24, 2.45) is 0 Å². The van der Waals surface area contributed by atoms with Crippen LogP contribution in [0.4, 0.5) is 18.9 Å². The Morgan fingerprint density at radius 1 is 1.03 bits per heavy atom. The molecule has 0 spiro atoms. The summed E-state index contributed by atoms with van der Waals surface area (Å²) in [6.07, 6.45) is 1.25. The van der Waals surface area contributed by atoms with Crippen LogP contribution in [-0.2, 0) is 32.3 Å². The standard InChI is InChI=1S/C27H34F3N3O4S/c1-3-24(26(35)31-22-14-8-5-9-15-22)32(18-20-11-6-4-7-12-20)25(34)19-33(38(2,36)37)23-16-10-13-21(17-23)27(28,29)30/h4,6-7,10-13,16-17,22,24H,3,5,8-9,14-15,18-19H2,1-2H3,(H,31,35). The van der Waals surface area contributed by atoms with Crippen molar-refractivity contribution in [2.45, 2.75) is 70.3 Å². The van der Waals surface area contributed by atoms with Crippen LogP contribution < -0.4 is 9.62 Å². The van der Waals surface area contributed by atoms with E-state index in [0.717, 1.165) is 56.1 Å². The van der Waals surface area contributed by atoms with Crippen molar-refractivity contribution in [3.05, 3.63) is 65.7 Å². The molecule has 2 amide bonds. The van der Waals surface area contributed by atoms with Crippen molar-refractivity contribution in [1.82, 2.24) is 10.2 Å². The van der Waals surface area contributed by atoms with Crippen LogP contribution in [0.15, 0.2) is 54.6 Å². The zero-order chi connectivity index (χ0) is 27.9. The van der Waals surface area contributed by atoms with Crippen molar-refractivity contribution >= 4 is 27.5 Å². The van der Waals surface area contributed by atoms with Crippen molar-refractivity contribution in [2.75, 3.05) is 17.1 Å². The lowest BCUT2D eigenvalue weighted by atomic mass is 9.95. The van der Waals surface area contributed by atoms with E-state index in [1.807, 2.05) is 6.07 Å². The molecule has 0 aliphatic heterocycles. The summed E-state index contributed by atoms with van der Waals surface area (Å²) in [7, 11) is -4.14. The van der Waals surface area contributed by atoms with E-state index < -0.39 is 40.3 Å². The first-order valence-electron chi connectivity index (χ1n) is 12.7. The maximum absolute atomic E-state index is 13.7. The number of amides is 2. The zero-order valence-electron chi connectivity index (χ0n) is 21.6. The highest BCUT2D eigenvalue weighted by molar-refractivity contribution is 7.92. The molecule has 38 heavy (non-hydrogen) atoms. The third-order valence-corrected chi connectivity index (χ3v) is 7.81. The van der Waals surface area contributed by atoms with E-state index in [1.165, 1.54) is 11.0 Å². The summed E-state index contributed by atoms with van der Waals surface area (Å²) in [6.45, 7) is 1.05. The number of rotatable bonds is 10. The highest BCUT2D eigenvalue weighted by Crippen LogP contribution is 2.32. The summed E-state index contributed by atoms with van der Waals surface area (Å²) >= 11 is 0. The van der Waals surface area contributed by atoms with Crippen LogP contribution in [0.25, 0.3) is 0 Å². The number of benzene rings is 2. The molecule has 2 aromatic carbocycles. The van der Waals surface area contributed by atoms with E-state index in [4.69, 9.17) is 0 Å². The lowest BCUT2D eigenvalue weighted by Crippen LogP contribution is -2.53. The molecule has 0 bridgehead atoms. The van der Waals surface area contributed by atoms with E-state index in [-0.39, 0.29) is 30.6 Å². The predicted molar refractivity (Wildman–Crippen MR) is 140 cm³/mol. The predicted octanol–water partition coefficient (Wildman–Crippen LogP) is 4.73. The Balaban J connectivity index is 1.92. The van der Waals surface area contributed by atoms with Crippen LogP contribution in [0.3, 0.4) is 0 Å². The van der Waals surface area contributed by atoms with Crippen LogP contribution in [0.1, 0.15) is 56.6 Å². The molecule has 2 aromatic rings. The number of anilines is 1. The number of halogens is 3. The monoisotopic (exact) mass is 553 g/mol. The molecule has 1 atom stereocenters. The van der Waals surface area contributed by atoms with Gasteiger partial charge in [0.25, 0.3) is 0 Å². The van der Waals surface area contributed by atoms with Gasteiger partial charge in [0, 0.05) is 12.6 Å². The maximum atomic E-state index is 13.7. The lowest BCUT2D eigenvalue weighted by Gasteiger charge is -2.34. The molecule has 1 aliphatic carbocycles. The topological polar surface area (TPSA) is 86.8 Å². The van der Waals surface area contributed by atoms with E-state index in [1.54, 1.807) is 31.2 Å². The molecule has 208 valence electrons. The molecule has 3 rings (SSSR count). The molecule has 1 fully saturated rings. The maximum Gasteiger partial charge on any atom is 0.416 e. The minimum atomic E-state index is -4.69. The molecule has 11 heteroatoms. The van der Waals surface area contributed by atoms with Crippen molar-refractivity contribution in [3.8, 4) is 0 Å². The molecule has 1 unspecified atom stereocenters. The van der Waals surface area contributed by atoms with Crippen LogP contribution in [-0.4, -0.2) is 50.0 Å². The first-order valence-corrected chi connectivity index (χ1v) is 14.5. The second kappa shape index (κ2) is 12.6. The molecule has 1 saturated carbocycles. The van der Waals surface area contributed by atoms with Gasteiger partial charge in [0.05, 0.1) is 17.5 Å². The number of carbonyl (C=O) groups excluding carboxylic acids is 2. The smallest absolute Gasteiger partial charge is 0.352 e. The van der Waals surface area contributed by atoms with E-state index in [2.05, 4.69) is 5.32 Å². The van der Waals surface area contributed by atoms with Gasteiger partial charge in [-0.05, 0) is 43.0 Å². The summed E-state index contributed by atoms with van der Waals surface area (Å²) in [6, 6.07) is 11.9. The van der Waals surface area contributed by atoms with Gasteiger partial charge in [-0.2, -0.15) is 13.2 Å². The Hall–Kier alpha value is -3.08. The van der Waals surface area contributed by atoms with Gasteiger partial charge in [-0.15, -0.1) is 0 Å². The molecule has 0 radical (unpaired) electrons. The number of sulfonamides is 1. The van der Waals surface area contributed by atoms with Gasteiger partial charge in [0.15, 0.2) is 0 Å². The fourth-order valence-electron chi connectivity index (χ4n) is 4.69. The SMILES string of the molecule is CCC(C(=O)NC1CCCCC1)N(Cc1ccccc1)C(=O)CN(c1cccc(C(F)(F)F)c1)S(C)(=O)=O. The van der Waals surface area contributed by atoms with E-state index >= 15 is 0 Å². The Morgan fingerprint density at radius 2 is 1.68 bits per heavy atom. The van der Waals surface area contributed by atoms with Crippen LogP contribution in [0.5, 0.6) is 0 Å². The molecule has 0 heterocycles. The third kappa shape index (κ3) is 7.96. The average Bonchev–Trinajstić information content (AvgIpc) is 2.87. The third-order valence-electron chi connectivity index (χ3n) is 6.67. The Bertz CT molecular complexity index is 1200. The molecule has 1 N–H and O–H groups in total. The normalized spacial score (nSPS) is 15.5. The fourth-order valence-corrected chi connectivity index (χ4v) is 5.54. The van der Waals surface area contributed by atoms with Gasteiger partial charge in [-0.25, -0.2) is 8.42 Å². The van der Waals surface area contributed by atoms with Crippen molar-refractivity contribution in [3.63, 3.8) is 0 Å². The van der Waals surface area contributed by atoms with Crippen LogP contribution in [0.2, 0.25) is 0 Å². The molecule has 1 aliphatic rings. The molecular formula is C27H34F3N3O4S. The minimum absolute atomic E-state index is 0.0107. The first-order chi connectivity index (χ1) is 17.9. The van der Waals surface area contributed by atoms with Gasteiger partial charge in [-0.3, -0.25) is 13.9 Å². The molecular weight excluding hydrogens is 519 g/mol. The quantitative estimate of drug-likeness (QED) is 0.461. The van der Waals surface area contributed by atoms with Gasteiger partial charge in [0.1, 0.15) is 12.6 Å². The van der Waals surface area contributed by atoms with E-state index in [0.29, 0.717) is 10.4 Å². The summed E-state index contributed by atoms with van der Waals surface area (Å²) in [5.41, 5.74) is -0.583. The highest BCUT2D eigenvalue weighted by atomic mass is 32.2. The largest absolute Gasteiger partial charge is 0.416 e. The number of alkyl halides is 3. The molecule has 7 nitrogen and oxygen atoms in total. The lowest BCUT2D eigenvalue weighted by molar-refractivity contribution is -0.140. The minimum Gasteiger partial charge on any atom is -0.352 e. The summed E-state index contributed by atoms with van der Waals surface area (Å²) < 4.78 is 65.8. The average molecular weight is 554 g/mol. The Morgan fingerprint density at radius 3 is 2.26 bits per heavy atom. The van der Waals surface area contributed by atoms with Crippen molar-refractivity contribution < 1.29 is 31.2 Å². The summed E-state index contributed by atoms with van der Waals surface area (Å²) in [5, 5.41) is 3.04. The van der Waals surface area contributed by atoms with Gasteiger partial charge < -0.3 is 10.2 Å². The fraction of sp³-hybridized carbons (Fsp3) is 0.481. The number of carbonyl (C=O) groups is 2. The second-order valence-corrected chi connectivity index (χ2v) is 11.5. The number of hydrogen-bond donors (Lipinski definition) is 1. The highest BCUT2D eigenvalue weighted by Gasteiger charge is 2.34. The van der Waals surface area contributed by atoms with Gasteiger partial charge in [-0.1, -0.05) is 62.6 Å². The van der Waals surface area contributed by atoms with Crippen LogP contribution in [0, 0.1) is 0 Å². The summed E-state index contributed by atoms with van der Waals surface area (Å²) in [4.78, 5) is 28.3. The Labute approximate surface area is 222 Å². The second-order valence-electron chi connectivity index (χ2n) is 9.59. The zero-order valence-corrected chi connectivity index (χ0v) is 22.4.